The van der Waals surface area contributed by atoms with Crippen LogP contribution in [0.5, 0.6) is 0 Å². The normalized spacial score (nSPS) is 23.0. The van der Waals surface area contributed by atoms with E-state index in [-0.39, 0.29) is 10.8 Å². The molecule has 2 aliphatic rings. The van der Waals surface area contributed by atoms with Gasteiger partial charge in [-0.05, 0) is 31.4 Å². The first-order valence-corrected chi connectivity index (χ1v) is 7.39. The first kappa shape index (κ1) is 15.3. The van der Waals surface area contributed by atoms with Crippen LogP contribution in [0.15, 0.2) is 46.6 Å². The smallest absolute Gasteiger partial charge is 0.0952 e. The molecule has 0 aromatic heterocycles. The van der Waals surface area contributed by atoms with Crippen molar-refractivity contribution >= 4 is 0 Å². The molecule has 0 saturated carbocycles. The van der Waals surface area contributed by atoms with Gasteiger partial charge in [0, 0.05) is 22.0 Å². The topological polar surface area (TPSA) is 47.6 Å². The first-order valence-electron chi connectivity index (χ1n) is 7.39. The van der Waals surface area contributed by atoms with Crippen molar-refractivity contribution in [2.45, 2.75) is 47.0 Å². The molecule has 0 heterocycles. The van der Waals surface area contributed by atoms with Crippen LogP contribution in [-0.2, 0) is 0 Å². The zero-order chi connectivity index (χ0) is 15.7. The number of nitriles is 2. The van der Waals surface area contributed by atoms with Gasteiger partial charge in [0.2, 0.25) is 0 Å². The lowest BCUT2D eigenvalue weighted by molar-refractivity contribution is 0.429. The molecular weight excluding hydrogens is 256 g/mol. The lowest BCUT2D eigenvalue weighted by atomic mass is 9.71. The third kappa shape index (κ3) is 3.17. The molecule has 0 saturated heterocycles. The van der Waals surface area contributed by atoms with Crippen LogP contribution in [0, 0.1) is 33.5 Å². The summed E-state index contributed by atoms with van der Waals surface area (Å²) in [6.07, 6.45) is 10.9. The maximum absolute atomic E-state index is 9.16. The molecule has 0 fully saturated rings. The molecule has 0 aromatic carbocycles. The Balaban J connectivity index is 2.19. The minimum absolute atomic E-state index is 0.0722. The highest BCUT2D eigenvalue weighted by atomic mass is 14.4. The lowest BCUT2D eigenvalue weighted by Gasteiger charge is -2.32. The average molecular weight is 278 g/mol. The molecule has 2 nitrogen and oxygen atoms in total. The van der Waals surface area contributed by atoms with Crippen molar-refractivity contribution in [3.63, 3.8) is 0 Å². The van der Waals surface area contributed by atoms with Crippen LogP contribution in [0.3, 0.4) is 0 Å². The fourth-order valence-corrected chi connectivity index (χ4v) is 3.21. The Morgan fingerprint density at radius 1 is 0.810 bits per heavy atom. The molecule has 0 spiro atoms. The van der Waals surface area contributed by atoms with Crippen LogP contribution in [0.4, 0.5) is 0 Å². The van der Waals surface area contributed by atoms with Crippen LogP contribution in [0.1, 0.15) is 47.0 Å². The van der Waals surface area contributed by atoms with E-state index in [1.165, 1.54) is 11.1 Å². The molecule has 108 valence electrons. The van der Waals surface area contributed by atoms with E-state index in [2.05, 4.69) is 52.0 Å². The molecule has 21 heavy (non-hydrogen) atoms. The van der Waals surface area contributed by atoms with E-state index in [4.69, 9.17) is 10.5 Å². The third-order valence-electron chi connectivity index (χ3n) is 4.46. The fraction of sp³-hybridized carbons (Fsp3) is 0.474. The Labute approximate surface area is 127 Å². The number of hydrogen-bond acceptors (Lipinski definition) is 2. The fourth-order valence-electron chi connectivity index (χ4n) is 3.21. The van der Waals surface area contributed by atoms with Crippen LogP contribution in [-0.4, -0.2) is 0 Å². The largest absolute Gasteiger partial charge is 0.193 e. The van der Waals surface area contributed by atoms with Gasteiger partial charge in [0.05, 0.1) is 12.1 Å². The second-order valence-corrected chi connectivity index (χ2v) is 7.33. The second-order valence-electron chi connectivity index (χ2n) is 7.33. The van der Waals surface area contributed by atoms with Crippen molar-refractivity contribution < 1.29 is 0 Å². The van der Waals surface area contributed by atoms with Gasteiger partial charge in [-0.2, -0.15) is 10.5 Å². The molecule has 2 heteroatoms. The van der Waals surface area contributed by atoms with Crippen LogP contribution >= 0.6 is 0 Å². The van der Waals surface area contributed by atoms with Gasteiger partial charge < -0.3 is 0 Å². The molecule has 2 rings (SSSR count). The van der Waals surface area contributed by atoms with E-state index in [1.807, 2.05) is 12.2 Å². The molecule has 0 N–H and O–H groups in total. The Kier molecular flexibility index (Phi) is 3.93. The Bertz CT molecular complexity index is 595. The van der Waals surface area contributed by atoms with Crippen molar-refractivity contribution in [3.8, 4) is 12.1 Å². The summed E-state index contributed by atoms with van der Waals surface area (Å²) in [5, 5.41) is 18.3. The lowest BCUT2D eigenvalue weighted by Crippen LogP contribution is -2.20. The summed E-state index contributed by atoms with van der Waals surface area (Å²) in [5.41, 5.74) is 4.31. The van der Waals surface area contributed by atoms with Crippen molar-refractivity contribution in [2.75, 3.05) is 0 Å². The molecule has 0 amide bonds. The maximum atomic E-state index is 9.16. The molecule has 0 atom stereocenters. The Morgan fingerprint density at radius 3 is 1.48 bits per heavy atom. The predicted octanol–water partition coefficient (Wildman–Crippen LogP) is 4.99. The summed E-state index contributed by atoms with van der Waals surface area (Å²) in [7, 11) is 0. The molecule has 0 aliphatic heterocycles. The van der Waals surface area contributed by atoms with Gasteiger partial charge in [0.25, 0.3) is 0 Å². The number of rotatable bonds is 2. The molecule has 2 aliphatic carbocycles. The second kappa shape index (κ2) is 5.38. The van der Waals surface area contributed by atoms with E-state index < -0.39 is 0 Å². The Morgan fingerprint density at radius 2 is 1.19 bits per heavy atom. The summed E-state index contributed by atoms with van der Waals surface area (Å²) >= 11 is 0. The van der Waals surface area contributed by atoms with Crippen molar-refractivity contribution in [3.05, 3.63) is 46.6 Å². The van der Waals surface area contributed by atoms with Crippen LogP contribution in [0.25, 0.3) is 0 Å². The molecule has 0 aromatic rings. The monoisotopic (exact) mass is 278 g/mol. The van der Waals surface area contributed by atoms with Crippen LogP contribution < -0.4 is 0 Å². The molecule has 0 bridgehead atoms. The number of nitrogens with zero attached hydrogens (tertiary/aromatic N) is 2. The van der Waals surface area contributed by atoms with Gasteiger partial charge in [-0.1, -0.05) is 51.0 Å². The maximum Gasteiger partial charge on any atom is 0.0952 e. The standard InChI is InChI=1S/C19H22N2/c1-18(2)10-14(5-7-16(18)12-20)9-15-6-8-17(13-21)19(3,4)11-15/h5-8H,9-11H2,1-4H3. The van der Waals surface area contributed by atoms with E-state index in [1.54, 1.807) is 0 Å². The minimum Gasteiger partial charge on any atom is -0.193 e. The van der Waals surface area contributed by atoms with Gasteiger partial charge in [-0.3, -0.25) is 0 Å². The van der Waals surface area contributed by atoms with Crippen LogP contribution in [0.2, 0.25) is 0 Å². The quantitative estimate of drug-likeness (QED) is 0.714. The highest BCUT2D eigenvalue weighted by Gasteiger charge is 2.30. The SMILES string of the molecule is CC1(C)CC(CC2=CC=C(C#N)C(C)(C)C2)=CC=C1C#N. The van der Waals surface area contributed by atoms with E-state index in [9.17, 15) is 0 Å². The minimum atomic E-state index is -0.0722. The first-order chi connectivity index (χ1) is 9.78. The van der Waals surface area contributed by atoms with Gasteiger partial charge >= 0.3 is 0 Å². The van der Waals surface area contributed by atoms with Gasteiger partial charge in [0.15, 0.2) is 0 Å². The van der Waals surface area contributed by atoms with Crippen molar-refractivity contribution in [2.24, 2.45) is 10.8 Å². The summed E-state index contributed by atoms with van der Waals surface area (Å²) in [5.74, 6) is 0. The molecule has 0 radical (unpaired) electrons. The van der Waals surface area contributed by atoms with Gasteiger partial charge in [-0.15, -0.1) is 0 Å². The molecule has 0 unspecified atom stereocenters. The van der Waals surface area contributed by atoms with Gasteiger partial charge in [-0.25, -0.2) is 0 Å². The van der Waals surface area contributed by atoms with Crippen molar-refractivity contribution in [1.82, 2.24) is 0 Å². The van der Waals surface area contributed by atoms with E-state index in [0.29, 0.717) is 0 Å². The van der Waals surface area contributed by atoms with E-state index in [0.717, 1.165) is 30.4 Å². The zero-order valence-electron chi connectivity index (χ0n) is 13.3. The predicted molar refractivity (Wildman–Crippen MR) is 85.0 cm³/mol. The van der Waals surface area contributed by atoms with E-state index >= 15 is 0 Å². The highest BCUT2D eigenvalue weighted by molar-refractivity contribution is 5.42. The summed E-state index contributed by atoms with van der Waals surface area (Å²) in [6.45, 7) is 8.51. The number of allylic oxidation sites excluding steroid dienone is 8. The average Bonchev–Trinajstić information content (AvgIpc) is 2.37. The summed E-state index contributed by atoms with van der Waals surface area (Å²) < 4.78 is 0. The van der Waals surface area contributed by atoms with Gasteiger partial charge in [0.1, 0.15) is 0 Å². The third-order valence-corrected chi connectivity index (χ3v) is 4.46. The highest BCUT2D eigenvalue weighted by Crippen LogP contribution is 2.42. The Hall–Kier alpha value is -2.06. The summed E-state index contributed by atoms with van der Waals surface area (Å²) in [6, 6.07) is 4.60. The molecular formula is C19H22N2. The van der Waals surface area contributed by atoms with Crippen molar-refractivity contribution in [1.29, 1.82) is 10.5 Å². The zero-order valence-corrected chi connectivity index (χ0v) is 13.3. The number of hydrogen-bond donors (Lipinski definition) is 0. The summed E-state index contributed by atoms with van der Waals surface area (Å²) in [4.78, 5) is 0.